The number of aryl methyl sites for hydroxylation is 1. The number of nitrogens with one attached hydrogen (secondary N) is 1. The van der Waals surface area contributed by atoms with E-state index >= 15 is 0 Å². The van der Waals surface area contributed by atoms with E-state index in [0.717, 1.165) is 12.2 Å². The Balaban J connectivity index is 1.89. The normalized spacial score (nSPS) is 10.9. The number of nitrogens with zero attached hydrogens (tertiary/aromatic N) is 3. The first-order valence-corrected chi connectivity index (χ1v) is 6.57. The van der Waals surface area contributed by atoms with E-state index in [0.29, 0.717) is 17.4 Å². The number of oxazole rings is 1. The lowest BCUT2D eigenvalue weighted by molar-refractivity contribution is 0.0690. The van der Waals surface area contributed by atoms with Crippen molar-refractivity contribution in [1.82, 2.24) is 14.4 Å². The molecule has 0 saturated carbocycles. The minimum Gasteiger partial charge on any atom is -0.476 e. The lowest BCUT2D eigenvalue weighted by atomic mass is 10.4. The van der Waals surface area contributed by atoms with Crippen molar-refractivity contribution in [3.63, 3.8) is 0 Å². The van der Waals surface area contributed by atoms with Crippen molar-refractivity contribution >= 4 is 17.4 Å². The van der Waals surface area contributed by atoms with E-state index in [1.807, 2.05) is 6.92 Å². The van der Waals surface area contributed by atoms with Gasteiger partial charge in [-0.25, -0.2) is 14.8 Å². The quantitative estimate of drug-likeness (QED) is 0.747. The zero-order valence-corrected chi connectivity index (χ0v) is 11.4. The Kier molecular flexibility index (Phi) is 3.31. The van der Waals surface area contributed by atoms with E-state index in [1.54, 1.807) is 30.6 Å². The smallest absolute Gasteiger partial charge is 0.356 e. The summed E-state index contributed by atoms with van der Waals surface area (Å²) in [6.45, 7) is 2.26. The van der Waals surface area contributed by atoms with Gasteiger partial charge in [-0.1, -0.05) is 13.0 Å². The van der Waals surface area contributed by atoms with Gasteiger partial charge in [0, 0.05) is 12.6 Å². The number of imidazole rings is 1. The van der Waals surface area contributed by atoms with Gasteiger partial charge in [0.25, 0.3) is 0 Å². The van der Waals surface area contributed by atoms with Crippen LogP contribution in [0.15, 0.2) is 35.0 Å². The van der Waals surface area contributed by atoms with Crippen LogP contribution in [0, 0.1) is 0 Å². The first-order chi connectivity index (χ1) is 10.2. The summed E-state index contributed by atoms with van der Waals surface area (Å²) in [6.07, 6.45) is 4.10. The van der Waals surface area contributed by atoms with E-state index in [-0.39, 0.29) is 12.2 Å². The van der Waals surface area contributed by atoms with Crippen molar-refractivity contribution in [2.45, 2.75) is 19.9 Å². The molecule has 3 aromatic rings. The molecule has 0 aliphatic rings. The van der Waals surface area contributed by atoms with Crippen molar-refractivity contribution in [3.8, 4) is 0 Å². The summed E-state index contributed by atoms with van der Waals surface area (Å²) in [7, 11) is 0. The summed E-state index contributed by atoms with van der Waals surface area (Å²) in [4.78, 5) is 19.8. The van der Waals surface area contributed by atoms with Gasteiger partial charge in [-0.05, 0) is 12.1 Å². The van der Waals surface area contributed by atoms with Crippen molar-refractivity contribution < 1.29 is 14.3 Å². The lowest BCUT2D eigenvalue weighted by Crippen LogP contribution is -2.08. The highest BCUT2D eigenvalue weighted by molar-refractivity contribution is 5.92. The number of carboxylic acid groups (broad SMARTS) is 1. The third-order valence-corrected chi connectivity index (χ3v) is 3.09. The zero-order chi connectivity index (χ0) is 14.8. The van der Waals surface area contributed by atoms with Crippen LogP contribution in [0.2, 0.25) is 0 Å². The highest BCUT2D eigenvalue weighted by atomic mass is 16.4. The molecule has 7 nitrogen and oxygen atoms in total. The first-order valence-electron chi connectivity index (χ1n) is 6.57. The predicted octanol–water partition coefficient (Wildman–Crippen LogP) is 2.19. The Labute approximate surface area is 120 Å². The number of fused-ring (bicyclic) bond motifs is 1. The molecule has 0 unspecified atom stereocenters. The fourth-order valence-corrected chi connectivity index (χ4v) is 2.08. The van der Waals surface area contributed by atoms with Crippen LogP contribution in [0.4, 0.5) is 5.82 Å². The van der Waals surface area contributed by atoms with Gasteiger partial charge in [0.2, 0.25) is 5.89 Å². The molecule has 0 bridgehead atoms. The molecular formula is C14H14N4O3. The van der Waals surface area contributed by atoms with Crippen molar-refractivity contribution in [2.75, 3.05) is 5.32 Å². The third kappa shape index (κ3) is 2.45. The van der Waals surface area contributed by atoms with Crippen molar-refractivity contribution in [1.29, 1.82) is 0 Å². The van der Waals surface area contributed by atoms with Gasteiger partial charge in [0.15, 0.2) is 11.5 Å². The Morgan fingerprint density at radius 2 is 2.33 bits per heavy atom. The van der Waals surface area contributed by atoms with Gasteiger partial charge in [0.1, 0.15) is 11.4 Å². The summed E-state index contributed by atoms with van der Waals surface area (Å²) < 4.78 is 7.00. The summed E-state index contributed by atoms with van der Waals surface area (Å²) >= 11 is 0. The van der Waals surface area contributed by atoms with Gasteiger partial charge >= 0.3 is 5.97 Å². The Morgan fingerprint density at radius 1 is 1.48 bits per heavy atom. The van der Waals surface area contributed by atoms with Crippen LogP contribution in [-0.2, 0) is 13.0 Å². The van der Waals surface area contributed by atoms with Crippen LogP contribution in [0.3, 0.4) is 0 Å². The first kappa shape index (κ1) is 13.2. The van der Waals surface area contributed by atoms with Crippen LogP contribution < -0.4 is 5.32 Å². The highest BCUT2D eigenvalue weighted by Gasteiger charge is 2.18. The number of hydrogen-bond acceptors (Lipinski definition) is 5. The topological polar surface area (TPSA) is 92.7 Å². The molecule has 0 radical (unpaired) electrons. The fraction of sp³-hybridized carbons (Fsp3) is 0.214. The van der Waals surface area contributed by atoms with Crippen LogP contribution in [0.1, 0.15) is 29.1 Å². The third-order valence-electron chi connectivity index (χ3n) is 3.09. The summed E-state index contributed by atoms with van der Waals surface area (Å²) in [5.41, 5.74) is 0.659. The Morgan fingerprint density at radius 3 is 3.05 bits per heavy atom. The number of aromatic carboxylic acids is 1. The molecule has 0 spiro atoms. The van der Waals surface area contributed by atoms with Gasteiger partial charge in [-0.15, -0.1) is 0 Å². The van der Waals surface area contributed by atoms with Gasteiger partial charge < -0.3 is 14.8 Å². The van der Waals surface area contributed by atoms with Crippen LogP contribution in [-0.4, -0.2) is 25.4 Å². The number of carbonyl (C=O) groups is 1. The largest absolute Gasteiger partial charge is 0.476 e. The predicted molar refractivity (Wildman–Crippen MR) is 75.4 cm³/mol. The second kappa shape index (κ2) is 5.28. The molecule has 7 heteroatoms. The maximum Gasteiger partial charge on any atom is 0.356 e. The Bertz CT molecular complexity index is 790. The minimum absolute atomic E-state index is 0.0906. The van der Waals surface area contributed by atoms with Crippen LogP contribution in [0.25, 0.3) is 5.65 Å². The number of hydrogen-bond donors (Lipinski definition) is 2. The number of pyridine rings is 1. The van der Waals surface area contributed by atoms with Gasteiger partial charge in [0.05, 0.1) is 12.7 Å². The highest BCUT2D eigenvalue weighted by Crippen LogP contribution is 2.18. The van der Waals surface area contributed by atoms with E-state index < -0.39 is 5.97 Å². The molecule has 0 amide bonds. The summed E-state index contributed by atoms with van der Waals surface area (Å²) in [5.74, 6) is 0.545. The number of aromatic nitrogens is 3. The average molecular weight is 286 g/mol. The van der Waals surface area contributed by atoms with E-state index in [9.17, 15) is 9.90 Å². The molecule has 0 atom stereocenters. The van der Waals surface area contributed by atoms with Crippen LogP contribution in [0.5, 0.6) is 0 Å². The van der Waals surface area contributed by atoms with E-state index in [2.05, 4.69) is 15.3 Å². The second-order valence-electron chi connectivity index (χ2n) is 4.47. The molecule has 21 heavy (non-hydrogen) atoms. The molecule has 0 aromatic carbocycles. The van der Waals surface area contributed by atoms with Gasteiger partial charge in [-0.3, -0.25) is 4.40 Å². The minimum atomic E-state index is -1.04. The molecule has 0 fully saturated rings. The lowest BCUT2D eigenvalue weighted by Gasteiger charge is -2.01. The Hall–Kier alpha value is -2.83. The second-order valence-corrected chi connectivity index (χ2v) is 4.47. The molecular weight excluding hydrogens is 272 g/mol. The standard InChI is InChI=1S/C14H14N4O3/c1-2-9-7-15-11(21-9)8-16-13-12(14(19)20)18-6-4-3-5-10(18)17-13/h3-7,16H,2,8H2,1H3,(H,19,20). The zero-order valence-electron chi connectivity index (χ0n) is 11.4. The number of rotatable bonds is 5. The van der Waals surface area contributed by atoms with Gasteiger partial charge in [-0.2, -0.15) is 0 Å². The van der Waals surface area contributed by atoms with E-state index in [1.165, 1.54) is 4.40 Å². The average Bonchev–Trinajstić information content (AvgIpc) is 3.08. The molecule has 2 N–H and O–H groups in total. The summed E-state index contributed by atoms with van der Waals surface area (Å²) in [5, 5.41) is 12.3. The monoisotopic (exact) mass is 286 g/mol. The maximum absolute atomic E-state index is 11.4. The fourth-order valence-electron chi connectivity index (χ4n) is 2.08. The van der Waals surface area contributed by atoms with E-state index in [4.69, 9.17) is 4.42 Å². The molecule has 3 heterocycles. The molecule has 3 aromatic heterocycles. The number of anilines is 1. The summed E-state index contributed by atoms with van der Waals surface area (Å²) in [6, 6.07) is 5.31. The molecule has 0 aliphatic heterocycles. The molecule has 108 valence electrons. The SMILES string of the molecule is CCc1cnc(CNc2nc3ccccn3c2C(=O)O)o1. The van der Waals surface area contributed by atoms with Crippen LogP contribution >= 0.6 is 0 Å². The van der Waals surface area contributed by atoms with Crippen molar-refractivity contribution in [2.24, 2.45) is 0 Å². The maximum atomic E-state index is 11.4. The number of carboxylic acids is 1. The molecule has 0 saturated heterocycles. The molecule has 3 rings (SSSR count). The van der Waals surface area contributed by atoms with Crippen molar-refractivity contribution in [3.05, 3.63) is 47.9 Å². The molecule has 0 aliphatic carbocycles.